The molecule has 2 heterocycles. The molecule has 0 spiro atoms. The maximum atomic E-state index is 12.3. The third kappa shape index (κ3) is 4.79. The monoisotopic (exact) mass is 389 g/mol. The van der Waals surface area contributed by atoms with Crippen LogP contribution in [0.4, 0.5) is 8.78 Å². The minimum absolute atomic E-state index is 0.0988. The zero-order chi connectivity index (χ0) is 19.2. The summed E-state index contributed by atoms with van der Waals surface area (Å²) < 4.78 is 36.2. The van der Waals surface area contributed by atoms with Crippen LogP contribution in [0.25, 0.3) is 11.3 Å². The average Bonchev–Trinajstić information content (AvgIpc) is 3.24. The zero-order valence-corrected chi connectivity index (χ0v) is 15.3. The molecule has 8 heteroatoms. The molecule has 0 aliphatic heterocycles. The summed E-state index contributed by atoms with van der Waals surface area (Å²) in [5.41, 5.74) is 1.56. The summed E-state index contributed by atoms with van der Waals surface area (Å²) in [7, 11) is 0. The summed E-state index contributed by atoms with van der Waals surface area (Å²) in [4.78, 5) is 5.12. The molecule has 2 aromatic heterocycles. The van der Waals surface area contributed by atoms with E-state index in [2.05, 4.69) is 21.4 Å². The Morgan fingerprint density at radius 2 is 2.04 bits per heavy atom. The van der Waals surface area contributed by atoms with Crippen molar-refractivity contribution in [2.45, 2.75) is 13.5 Å². The minimum atomic E-state index is -2.85. The number of hydrogen-bond acceptors (Lipinski definition) is 5. The van der Waals surface area contributed by atoms with Gasteiger partial charge in [-0.15, -0.1) is 17.9 Å². The highest BCUT2D eigenvalue weighted by molar-refractivity contribution is 7.07. The van der Waals surface area contributed by atoms with E-state index in [0.29, 0.717) is 17.1 Å². The Kier molecular flexibility index (Phi) is 5.97. The summed E-state index contributed by atoms with van der Waals surface area (Å²) in [5.74, 6) is 1.51. The van der Waals surface area contributed by atoms with Crippen LogP contribution in [-0.2, 0) is 0 Å². The first-order valence-electron chi connectivity index (χ1n) is 8.05. The number of rotatable bonds is 7. The lowest BCUT2D eigenvalue weighted by atomic mass is 10.2. The molecule has 0 bridgehead atoms. The maximum absolute atomic E-state index is 12.3. The molecule has 0 saturated carbocycles. The quantitative estimate of drug-likeness (QED) is 0.435. The van der Waals surface area contributed by atoms with E-state index in [9.17, 15) is 8.78 Å². The van der Waals surface area contributed by atoms with Crippen LogP contribution in [-0.4, -0.2) is 24.0 Å². The highest BCUT2D eigenvalue weighted by atomic mass is 32.1. The Morgan fingerprint density at radius 1 is 1.26 bits per heavy atom. The molecule has 27 heavy (non-hydrogen) atoms. The first-order chi connectivity index (χ1) is 13.1. The third-order valence-corrected chi connectivity index (χ3v) is 4.33. The molecule has 3 aromatic rings. The predicted octanol–water partition coefficient (Wildman–Crippen LogP) is 4.69. The van der Waals surface area contributed by atoms with Gasteiger partial charge in [0.25, 0.3) is 0 Å². The Bertz CT molecular complexity index is 1000. The molecular weight excluding hydrogens is 372 g/mol. The number of hydrogen-bond donors (Lipinski definition) is 0. The number of aromatic nitrogens is 1. The van der Waals surface area contributed by atoms with Crippen LogP contribution in [0.15, 0.2) is 68.9 Å². The second-order valence-electron chi connectivity index (χ2n) is 5.44. The summed E-state index contributed by atoms with van der Waals surface area (Å²) in [6.45, 7) is 3.13. The molecule has 5 nitrogen and oxygen atoms in total. The van der Waals surface area contributed by atoms with Gasteiger partial charge < -0.3 is 9.15 Å². The van der Waals surface area contributed by atoms with E-state index in [1.807, 2.05) is 24.4 Å². The van der Waals surface area contributed by atoms with E-state index in [0.717, 1.165) is 17.0 Å². The topological polar surface area (TPSA) is 52.0 Å². The highest BCUT2D eigenvalue weighted by Gasteiger charge is 2.09. The van der Waals surface area contributed by atoms with Gasteiger partial charge in [-0.1, -0.05) is 6.08 Å². The van der Waals surface area contributed by atoms with Crippen LogP contribution in [0.5, 0.6) is 5.75 Å². The summed E-state index contributed by atoms with van der Waals surface area (Å²) in [6, 6.07) is 10.0. The van der Waals surface area contributed by atoms with E-state index in [1.54, 1.807) is 29.1 Å². The van der Waals surface area contributed by atoms with Crippen LogP contribution < -0.4 is 9.54 Å². The van der Waals surface area contributed by atoms with E-state index < -0.39 is 6.61 Å². The number of aryl methyl sites for hydroxylation is 1. The molecule has 0 unspecified atom stereocenters. The SMILES string of the molecule is C=CCN=c1scc(-c2ccc(OC(F)F)cc2)n1N=Cc1ccc(C)o1. The molecule has 0 N–H and O–H groups in total. The van der Waals surface area contributed by atoms with Gasteiger partial charge in [-0.2, -0.15) is 13.9 Å². The Balaban J connectivity index is 1.98. The van der Waals surface area contributed by atoms with Crippen molar-refractivity contribution in [3.05, 3.63) is 70.8 Å². The fraction of sp³-hybridized carbons (Fsp3) is 0.158. The van der Waals surface area contributed by atoms with Crippen LogP contribution in [0.1, 0.15) is 11.5 Å². The smallest absolute Gasteiger partial charge is 0.387 e. The molecule has 0 amide bonds. The molecule has 0 fully saturated rings. The standard InChI is InChI=1S/C19H17F2N3O2S/c1-3-10-22-19-24(23-11-16-7-4-13(2)25-16)17(12-27-19)14-5-8-15(9-6-14)26-18(20)21/h3-9,11-12,18H,1,10H2,2H3. The van der Waals surface area contributed by atoms with Crippen molar-refractivity contribution < 1.29 is 17.9 Å². The van der Waals surface area contributed by atoms with Gasteiger partial charge in [0.15, 0.2) is 0 Å². The van der Waals surface area contributed by atoms with Crippen molar-refractivity contribution in [2.75, 3.05) is 6.54 Å². The number of furan rings is 1. The van der Waals surface area contributed by atoms with Gasteiger partial charge in [0, 0.05) is 10.9 Å². The highest BCUT2D eigenvalue weighted by Crippen LogP contribution is 2.24. The molecule has 1 aromatic carbocycles. The van der Waals surface area contributed by atoms with Crippen molar-refractivity contribution in [3.63, 3.8) is 0 Å². The zero-order valence-electron chi connectivity index (χ0n) is 14.5. The van der Waals surface area contributed by atoms with Crippen LogP contribution in [0.2, 0.25) is 0 Å². The maximum Gasteiger partial charge on any atom is 0.387 e. The predicted molar refractivity (Wildman–Crippen MR) is 101 cm³/mol. The van der Waals surface area contributed by atoms with Crippen molar-refractivity contribution in [3.8, 4) is 17.0 Å². The Hall–Kier alpha value is -3.00. The molecule has 0 aliphatic carbocycles. The summed E-state index contributed by atoms with van der Waals surface area (Å²) >= 11 is 1.42. The number of nitrogens with zero attached hydrogens (tertiary/aromatic N) is 3. The molecule has 3 rings (SSSR count). The second kappa shape index (κ2) is 8.59. The summed E-state index contributed by atoms with van der Waals surface area (Å²) in [5, 5.41) is 6.38. The van der Waals surface area contributed by atoms with Gasteiger partial charge in [-0.3, -0.25) is 4.99 Å². The van der Waals surface area contributed by atoms with Crippen LogP contribution in [0, 0.1) is 6.92 Å². The lowest BCUT2D eigenvalue weighted by molar-refractivity contribution is -0.0498. The van der Waals surface area contributed by atoms with Crippen molar-refractivity contribution in [1.29, 1.82) is 0 Å². The van der Waals surface area contributed by atoms with E-state index >= 15 is 0 Å². The number of benzene rings is 1. The van der Waals surface area contributed by atoms with Gasteiger partial charge in [-0.05, 0) is 43.3 Å². The minimum Gasteiger partial charge on any atom is -0.460 e. The van der Waals surface area contributed by atoms with Gasteiger partial charge in [0.2, 0.25) is 4.80 Å². The van der Waals surface area contributed by atoms with Gasteiger partial charge in [-0.25, -0.2) is 4.68 Å². The number of halogens is 2. The van der Waals surface area contributed by atoms with Crippen molar-refractivity contribution >= 4 is 17.6 Å². The molecule has 0 aliphatic rings. The molecular formula is C19H17F2N3O2S. The second-order valence-corrected chi connectivity index (χ2v) is 6.28. The lowest BCUT2D eigenvalue weighted by Crippen LogP contribution is -2.12. The van der Waals surface area contributed by atoms with Gasteiger partial charge in [0.1, 0.15) is 17.3 Å². The average molecular weight is 389 g/mol. The molecule has 0 radical (unpaired) electrons. The number of thiazole rings is 1. The van der Waals surface area contributed by atoms with Gasteiger partial charge in [0.05, 0.1) is 18.5 Å². The van der Waals surface area contributed by atoms with E-state index in [4.69, 9.17) is 4.42 Å². The van der Waals surface area contributed by atoms with Crippen molar-refractivity contribution in [1.82, 2.24) is 4.68 Å². The fourth-order valence-corrected chi connectivity index (χ4v) is 3.15. The third-order valence-electron chi connectivity index (χ3n) is 3.48. The van der Waals surface area contributed by atoms with Gasteiger partial charge >= 0.3 is 6.61 Å². The van der Waals surface area contributed by atoms with E-state index in [1.165, 1.54) is 23.5 Å². The van der Waals surface area contributed by atoms with E-state index in [-0.39, 0.29) is 5.75 Å². The Morgan fingerprint density at radius 3 is 2.67 bits per heavy atom. The van der Waals surface area contributed by atoms with Crippen LogP contribution >= 0.6 is 11.3 Å². The Labute approximate surface area is 158 Å². The number of ether oxygens (including phenoxy) is 1. The summed E-state index contributed by atoms with van der Waals surface area (Å²) in [6.07, 6.45) is 3.30. The number of alkyl halides is 2. The lowest BCUT2D eigenvalue weighted by Gasteiger charge is -2.06. The molecule has 0 saturated heterocycles. The normalized spacial score (nSPS) is 12.2. The first-order valence-corrected chi connectivity index (χ1v) is 8.93. The fourth-order valence-electron chi connectivity index (χ4n) is 2.30. The largest absolute Gasteiger partial charge is 0.460 e. The van der Waals surface area contributed by atoms with Crippen molar-refractivity contribution in [2.24, 2.45) is 10.1 Å². The first kappa shape index (κ1) is 18.8. The molecule has 0 atom stereocenters. The molecule has 140 valence electrons. The van der Waals surface area contributed by atoms with Crippen LogP contribution in [0.3, 0.4) is 0 Å².